The van der Waals surface area contributed by atoms with E-state index in [0.29, 0.717) is 44.4 Å². The molecule has 10 heteroatoms. The minimum atomic E-state index is -4.47. The average Bonchev–Trinajstić information content (AvgIpc) is 3.15. The van der Waals surface area contributed by atoms with E-state index in [9.17, 15) is 18.0 Å². The summed E-state index contributed by atoms with van der Waals surface area (Å²) in [6.45, 7) is 6.13. The molecule has 0 radical (unpaired) electrons. The van der Waals surface area contributed by atoms with Gasteiger partial charge in [0.15, 0.2) is 0 Å². The molecule has 4 rings (SSSR count). The molecule has 1 saturated heterocycles. The highest BCUT2D eigenvalue weighted by Crippen LogP contribution is 2.36. The minimum absolute atomic E-state index is 0.00824. The second-order valence-corrected chi connectivity index (χ2v) is 8.70. The molecule has 1 fully saturated rings. The monoisotopic (exact) mass is 496 g/mol. The van der Waals surface area contributed by atoms with Gasteiger partial charge in [-0.2, -0.15) is 13.2 Å². The molecular weight excluding hydrogens is 471 g/mol. The van der Waals surface area contributed by atoms with Crippen LogP contribution in [0.5, 0.6) is 11.5 Å². The van der Waals surface area contributed by atoms with Crippen molar-refractivity contribution in [3.05, 3.63) is 52.2 Å². The Morgan fingerprint density at radius 1 is 1.26 bits per heavy atom. The van der Waals surface area contributed by atoms with Gasteiger partial charge in [0.1, 0.15) is 41.9 Å². The Morgan fingerprint density at radius 2 is 2.00 bits per heavy atom. The molecule has 1 aromatic heterocycles. The van der Waals surface area contributed by atoms with Crippen molar-refractivity contribution >= 4 is 29.4 Å². The normalized spacial score (nSPS) is 18.2. The van der Waals surface area contributed by atoms with Crippen LogP contribution in [0.1, 0.15) is 30.5 Å². The number of carbonyl (C=O) groups is 1. The molecule has 0 bridgehead atoms. The number of hydrogen-bond donors (Lipinski definition) is 0. The summed E-state index contributed by atoms with van der Waals surface area (Å²) in [5, 5.41) is -0.00824. The third-order valence-corrected chi connectivity index (χ3v) is 6.13. The van der Waals surface area contributed by atoms with Crippen LogP contribution < -0.4 is 19.4 Å². The van der Waals surface area contributed by atoms with E-state index in [0.717, 1.165) is 35.6 Å². The van der Waals surface area contributed by atoms with Crippen molar-refractivity contribution in [2.75, 3.05) is 37.7 Å². The second-order valence-electron chi connectivity index (χ2n) is 8.29. The molecule has 0 saturated carbocycles. The number of aromatic amines is 1. The van der Waals surface area contributed by atoms with Crippen LogP contribution in [0.15, 0.2) is 30.5 Å². The third-order valence-electron chi connectivity index (χ3n) is 5.84. The predicted molar refractivity (Wildman–Crippen MR) is 122 cm³/mol. The molecule has 182 valence electrons. The molecule has 1 unspecified atom stereocenters. The lowest BCUT2D eigenvalue weighted by molar-refractivity contribution is -0.367. The highest BCUT2D eigenvalue weighted by molar-refractivity contribution is 6.32. The first-order valence-electron chi connectivity index (χ1n) is 11.1. The van der Waals surface area contributed by atoms with Gasteiger partial charge in [0.2, 0.25) is 5.91 Å². The van der Waals surface area contributed by atoms with E-state index in [2.05, 4.69) is 4.98 Å². The predicted octanol–water partition coefficient (Wildman–Crippen LogP) is 4.26. The summed E-state index contributed by atoms with van der Waals surface area (Å²) in [5.41, 5.74) is 1.03. The number of aromatic nitrogens is 1. The number of H-pyrrole nitrogens is 1. The fraction of sp³-hybridized carbons (Fsp3) is 0.417. The lowest BCUT2D eigenvalue weighted by Gasteiger charge is -2.30. The van der Waals surface area contributed by atoms with Crippen LogP contribution in [-0.2, 0) is 17.4 Å². The highest BCUT2D eigenvalue weighted by Gasteiger charge is 2.34. The van der Waals surface area contributed by atoms with Crippen molar-refractivity contribution in [2.45, 2.75) is 32.5 Å². The van der Waals surface area contributed by atoms with Crippen LogP contribution in [0.3, 0.4) is 0 Å². The molecule has 1 atom stereocenters. The second kappa shape index (κ2) is 9.74. The summed E-state index contributed by atoms with van der Waals surface area (Å²) in [7, 11) is 0. The van der Waals surface area contributed by atoms with Gasteiger partial charge in [-0.25, -0.2) is 4.98 Å². The first kappa shape index (κ1) is 24.2. The number of piperazine rings is 1. The van der Waals surface area contributed by atoms with Crippen LogP contribution >= 0.6 is 11.6 Å². The number of carbonyl (C=O) groups excluding carboxylic acids is 1. The van der Waals surface area contributed by atoms with Gasteiger partial charge in [-0.05, 0) is 38.1 Å². The van der Waals surface area contributed by atoms with E-state index < -0.39 is 11.7 Å². The number of ether oxygens (including phenoxy) is 2. The van der Waals surface area contributed by atoms with E-state index in [4.69, 9.17) is 21.1 Å². The Balaban J connectivity index is 1.40. The smallest absolute Gasteiger partial charge is 0.419 e. The quantitative estimate of drug-likeness (QED) is 0.581. The van der Waals surface area contributed by atoms with Crippen molar-refractivity contribution in [3.8, 4) is 11.5 Å². The van der Waals surface area contributed by atoms with Gasteiger partial charge in [-0.1, -0.05) is 11.6 Å². The zero-order valence-corrected chi connectivity index (χ0v) is 19.7. The number of alkyl halides is 3. The average molecular weight is 497 g/mol. The third kappa shape index (κ3) is 5.24. The number of amides is 1. The van der Waals surface area contributed by atoms with Crippen LogP contribution in [0.2, 0.25) is 5.02 Å². The van der Waals surface area contributed by atoms with Crippen molar-refractivity contribution in [2.24, 2.45) is 0 Å². The SMILES string of the molecule is CCOc1cc2c(cc1C=CC(=O)N1CCN(c3[nH+]cc(C(F)(F)F)cc3Cl)CC1)OC(C)C2. The summed E-state index contributed by atoms with van der Waals surface area (Å²) >= 11 is 6.09. The van der Waals surface area contributed by atoms with Crippen LogP contribution in [0.4, 0.5) is 19.0 Å². The number of hydrogen-bond acceptors (Lipinski definition) is 4. The number of nitrogens with zero attached hydrogens (tertiary/aromatic N) is 2. The molecule has 1 amide bonds. The van der Waals surface area contributed by atoms with Gasteiger partial charge in [-0.3, -0.25) is 9.69 Å². The maximum absolute atomic E-state index is 12.9. The number of halogens is 4. The molecule has 34 heavy (non-hydrogen) atoms. The number of fused-ring (bicyclic) bond motifs is 1. The Morgan fingerprint density at radius 3 is 2.65 bits per heavy atom. The number of nitrogens with one attached hydrogen (secondary N) is 1. The van der Waals surface area contributed by atoms with Crippen molar-refractivity contribution in [1.82, 2.24) is 4.90 Å². The molecule has 2 aliphatic rings. The number of pyridine rings is 1. The highest BCUT2D eigenvalue weighted by atomic mass is 35.5. The zero-order chi connectivity index (χ0) is 24.5. The molecule has 0 aliphatic carbocycles. The van der Waals surface area contributed by atoms with Gasteiger partial charge < -0.3 is 14.4 Å². The van der Waals surface area contributed by atoms with Gasteiger partial charge in [0.05, 0.1) is 25.3 Å². The first-order valence-corrected chi connectivity index (χ1v) is 11.5. The summed E-state index contributed by atoms with van der Waals surface area (Å²) in [4.78, 5) is 19.0. The molecule has 1 N–H and O–H groups in total. The van der Waals surface area contributed by atoms with E-state index in [1.165, 1.54) is 6.08 Å². The molecule has 2 aliphatic heterocycles. The maximum Gasteiger partial charge on any atom is 0.419 e. The summed E-state index contributed by atoms with van der Waals surface area (Å²) in [6.07, 6.45) is 0.600. The molecule has 6 nitrogen and oxygen atoms in total. The Kier molecular flexibility index (Phi) is 6.93. The van der Waals surface area contributed by atoms with Gasteiger partial charge in [0, 0.05) is 23.6 Å². The van der Waals surface area contributed by atoms with Crippen molar-refractivity contribution in [1.29, 1.82) is 0 Å². The van der Waals surface area contributed by atoms with Crippen molar-refractivity contribution < 1.29 is 32.4 Å². The fourth-order valence-corrected chi connectivity index (χ4v) is 4.44. The van der Waals surface area contributed by atoms with E-state index in [1.807, 2.05) is 30.9 Å². The van der Waals surface area contributed by atoms with Gasteiger partial charge >= 0.3 is 6.18 Å². The van der Waals surface area contributed by atoms with E-state index >= 15 is 0 Å². The molecule has 0 spiro atoms. The molecule has 1 aromatic carbocycles. The van der Waals surface area contributed by atoms with Crippen LogP contribution in [0.25, 0.3) is 6.08 Å². The minimum Gasteiger partial charge on any atom is -0.493 e. The standard InChI is InChI=1S/C24H25ClF3N3O3/c1-3-33-20-12-17-10-15(2)34-21(17)11-16(20)4-5-22(32)30-6-8-31(9-7-30)23-19(25)13-18(14-29-23)24(26,27)28/h4-5,11-15H,3,6-10H2,1-2H3/p+1. The number of benzene rings is 1. The summed E-state index contributed by atoms with van der Waals surface area (Å²) < 4.78 is 50.2. The summed E-state index contributed by atoms with van der Waals surface area (Å²) in [6, 6.07) is 4.77. The number of anilines is 1. The van der Waals surface area contributed by atoms with Gasteiger partial charge in [0.25, 0.3) is 5.82 Å². The largest absolute Gasteiger partial charge is 0.493 e. The lowest BCUT2D eigenvalue weighted by atomic mass is 10.1. The topological polar surface area (TPSA) is 56.2 Å². The lowest BCUT2D eigenvalue weighted by Crippen LogP contribution is -2.49. The zero-order valence-electron chi connectivity index (χ0n) is 18.9. The van der Waals surface area contributed by atoms with E-state index in [1.54, 1.807) is 11.0 Å². The molecule has 2 aromatic rings. The molecule has 3 heterocycles. The van der Waals surface area contributed by atoms with Crippen LogP contribution in [0, 0.1) is 0 Å². The Bertz CT molecular complexity index is 1100. The Hall–Kier alpha value is -2.94. The van der Waals surface area contributed by atoms with E-state index in [-0.39, 0.29) is 17.0 Å². The van der Waals surface area contributed by atoms with Gasteiger partial charge in [-0.15, -0.1) is 0 Å². The molecular formula is C24H26ClF3N3O3+. The maximum atomic E-state index is 12.9. The van der Waals surface area contributed by atoms with Crippen LogP contribution in [-0.4, -0.2) is 49.7 Å². The fourth-order valence-electron chi connectivity index (χ4n) is 4.15. The van der Waals surface area contributed by atoms with Crippen molar-refractivity contribution in [3.63, 3.8) is 0 Å². The summed E-state index contributed by atoms with van der Waals surface area (Å²) in [5.74, 6) is 1.77. The Labute approximate surface area is 200 Å². The first-order chi connectivity index (χ1) is 16.2. The number of rotatable bonds is 5.